The first-order chi connectivity index (χ1) is 16.1. The number of anilines is 1. The van der Waals surface area contributed by atoms with Gasteiger partial charge in [-0.2, -0.15) is 4.31 Å². The maximum atomic E-state index is 12.6. The molecule has 3 rings (SSSR count). The van der Waals surface area contributed by atoms with Crippen molar-refractivity contribution in [2.24, 2.45) is 5.14 Å². The highest BCUT2D eigenvalue weighted by atomic mass is 32.2. The number of hydrogen-bond donors (Lipinski definition) is 2. The third-order valence-electron chi connectivity index (χ3n) is 4.98. The lowest BCUT2D eigenvalue weighted by Crippen LogP contribution is -2.40. The van der Waals surface area contributed by atoms with Crippen molar-refractivity contribution in [3.63, 3.8) is 0 Å². The van der Waals surface area contributed by atoms with E-state index in [1.165, 1.54) is 40.7 Å². The number of aryl methyl sites for hydroxylation is 1. The Labute approximate surface area is 197 Å². The summed E-state index contributed by atoms with van der Waals surface area (Å²) in [5.41, 5.74) is 1.07. The Hall–Kier alpha value is -2.84. The Morgan fingerprint density at radius 1 is 0.941 bits per heavy atom. The van der Waals surface area contributed by atoms with Gasteiger partial charge in [0.05, 0.1) is 23.0 Å². The molecule has 3 N–H and O–H groups in total. The van der Waals surface area contributed by atoms with E-state index in [1.54, 1.807) is 12.1 Å². The second kappa shape index (κ2) is 11.1. The van der Waals surface area contributed by atoms with Crippen molar-refractivity contribution in [2.45, 2.75) is 22.6 Å². The van der Waals surface area contributed by atoms with Gasteiger partial charge in [-0.1, -0.05) is 12.1 Å². The largest absolute Gasteiger partial charge is 0.456 e. The number of sulfonamides is 2. The molecule has 1 heterocycles. The van der Waals surface area contributed by atoms with Gasteiger partial charge in [0, 0.05) is 25.2 Å². The molecule has 34 heavy (non-hydrogen) atoms. The van der Waals surface area contributed by atoms with Crippen LogP contribution in [0.15, 0.2) is 58.3 Å². The van der Waals surface area contributed by atoms with Gasteiger partial charge in [-0.3, -0.25) is 9.59 Å². The summed E-state index contributed by atoms with van der Waals surface area (Å²) in [6, 6.07) is 11.5. The van der Waals surface area contributed by atoms with Crippen molar-refractivity contribution in [1.29, 1.82) is 0 Å². The Morgan fingerprint density at radius 3 is 2.12 bits per heavy atom. The maximum Gasteiger partial charge on any atom is 0.306 e. The number of hydrogen-bond acceptors (Lipinski definition) is 8. The number of ether oxygens (including phenoxy) is 2. The van der Waals surface area contributed by atoms with Gasteiger partial charge in [-0.05, 0) is 48.4 Å². The van der Waals surface area contributed by atoms with Gasteiger partial charge in [-0.25, -0.2) is 22.0 Å². The van der Waals surface area contributed by atoms with Crippen molar-refractivity contribution >= 4 is 37.6 Å². The normalized spacial score (nSPS) is 15.0. The van der Waals surface area contributed by atoms with Gasteiger partial charge in [-0.15, -0.1) is 0 Å². The summed E-state index contributed by atoms with van der Waals surface area (Å²) in [4.78, 5) is 24.0. The summed E-state index contributed by atoms with van der Waals surface area (Å²) >= 11 is 0. The van der Waals surface area contributed by atoms with Crippen LogP contribution in [-0.2, 0) is 45.5 Å². The minimum absolute atomic E-state index is 0.00585. The standard InChI is InChI=1S/C21H25N3O8S2/c22-33(27,28)18-8-4-17(5-9-18)23-20(25)15-32-21(26)10-3-16-1-6-19(7-2-16)34(29,30)24-11-13-31-14-12-24/h1-2,4-9H,3,10-15H2,(H,23,25)(H2,22,27,28). The molecule has 1 aliphatic heterocycles. The molecule has 1 aliphatic rings. The number of amides is 1. The van der Waals surface area contributed by atoms with Crippen LogP contribution in [0.3, 0.4) is 0 Å². The van der Waals surface area contributed by atoms with Gasteiger partial charge in [0.25, 0.3) is 5.91 Å². The first-order valence-electron chi connectivity index (χ1n) is 10.3. The smallest absolute Gasteiger partial charge is 0.306 e. The molecule has 0 saturated carbocycles. The highest BCUT2D eigenvalue weighted by Gasteiger charge is 2.26. The van der Waals surface area contributed by atoms with Crippen LogP contribution in [0.25, 0.3) is 0 Å². The number of carbonyl (C=O) groups is 2. The molecule has 13 heteroatoms. The molecule has 184 valence electrons. The molecule has 0 unspecified atom stereocenters. The number of morpholine rings is 1. The lowest BCUT2D eigenvalue weighted by molar-refractivity contribution is -0.147. The van der Waals surface area contributed by atoms with Gasteiger partial charge >= 0.3 is 5.97 Å². The summed E-state index contributed by atoms with van der Waals surface area (Å²) in [5, 5.41) is 7.49. The zero-order valence-corrected chi connectivity index (χ0v) is 19.8. The third kappa shape index (κ3) is 7.08. The number of nitrogens with two attached hydrogens (primary N) is 1. The van der Waals surface area contributed by atoms with E-state index in [-0.39, 0.29) is 16.2 Å². The van der Waals surface area contributed by atoms with Crippen LogP contribution in [-0.4, -0.2) is 65.9 Å². The summed E-state index contributed by atoms with van der Waals surface area (Å²) in [5.74, 6) is -1.18. The fourth-order valence-electron chi connectivity index (χ4n) is 3.15. The summed E-state index contributed by atoms with van der Waals surface area (Å²) < 4.78 is 59.2. The van der Waals surface area contributed by atoms with E-state index in [0.717, 1.165) is 5.56 Å². The average molecular weight is 512 g/mol. The molecule has 1 amide bonds. The van der Waals surface area contributed by atoms with Crippen molar-refractivity contribution in [2.75, 3.05) is 38.2 Å². The number of primary sulfonamides is 1. The molecular weight excluding hydrogens is 486 g/mol. The molecule has 0 aliphatic carbocycles. The van der Waals surface area contributed by atoms with E-state index in [1.807, 2.05) is 0 Å². The number of carbonyl (C=O) groups excluding carboxylic acids is 2. The first-order valence-corrected chi connectivity index (χ1v) is 13.3. The van der Waals surface area contributed by atoms with Crippen LogP contribution >= 0.6 is 0 Å². The molecule has 2 aromatic carbocycles. The fourth-order valence-corrected chi connectivity index (χ4v) is 5.08. The van der Waals surface area contributed by atoms with Crippen LogP contribution in [0, 0.1) is 0 Å². The molecule has 1 fully saturated rings. The first kappa shape index (κ1) is 25.8. The molecule has 0 bridgehead atoms. The number of nitrogens with one attached hydrogen (secondary N) is 1. The van der Waals surface area contributed by atoms with Gasteiger partial charge in [0.2, 0.25) is 20.0 Å². The van der Waals surface area contributed by atoms with Crippen LogP contribution in [0.5, 0.6) is 0 Å². The summed E-state index contributed by atoms with van der Waals surface area (Å²) in [7, 11) is -7.42. The van der Waals surface area contributed by atoms with Crippen LogP contribution in [0.4, 0.5) is 5.69 Å². The molecule has 2 aromatic rings. The molecule has 1 saturated heterocycles. The van der Waals surface area contributed by atoms with Gasteiger partial charge < -0.3 is 14.8 Å². The number of benzene rings is 2. The zero-order chi connectivity index (χ0) is 24.8. The fraction of sp³-hybridized carbons (Fsp3) is 0.333. The van der Waals surface area contributed by atoms with Crippen molar-refractivity contribution < 1.29 is 35.9 Å². The van der Waals surface area contributed by atoms with Crippen LogP contribution in [0.2, 0.25) is 0 Å². The second-order valence-electron chi connectivity index (χ2n) is 7.44. The lowest BCUT2D eigenvalue weighted by Gasteiger charge is -2.26. The monoisotopic (exact) mass is 511 g/mol. The molecule has 11 nitrogen and oxygen atoms in total. The van der Waals surface area contributed by atoms with Crippen molar-refractivity contribution in [3.05, 3.63) is 54.1 Å². The molecule has 0 atom stereocenters. The summed E-state index contributed by atoms with van der Waals surface area (Å²) in [6.45, 7) is 0.839. The van der Waals surface area contributed by atoms with E-state index in [9.17, 15) is 26.4 Å². The average Bonchev–Trinajstić information content (AvgIpc) is 2.82. The Kier molecular flexibility index (Phi) is 8.38. The quantitative estimate of drug-likeness (QED) is 0.459. The second-order valence-corrected chi connectivity index (χ2v) is 10.9. The lowest BCUT2D eigenvalue weighted by atomic mass is 10.1. The Bertz CT molecular complexity index is 1220. The van der Waals surface area contributed by atoms with E-state index in [4.69, 9.17) is 14.6 Å². The molecular formula is C21H25N3O8S2. The van der Waals surface area contributed by atoms with Gasteiger partial charge in [0.15, 0.2) is 6.61 Å². The molecule has 0 spiro atoms. The van der Waals surface area contributed by atoms with Crippen molar-refractivity contribution in [3.8, 4) is 0 Å². The molecule has 0 aromatic heterocycles. The highest BCUT2D eigenvalue weighted by molar-refractivity contribution is 7.89. The third-order valence-corrected chi connectivity index (χ3v) is 7.82. The van der Waals surface area contributed by atoms with Crippen LogP contribution < -0.4 is 10.5 Å². The predicted octanol–water partition coefficient (Wildman–Crippen LogP) is 0.469. The number of rotatable bonds is 9. The van der Waals surface area contributed by atoms with Crippen molar-refractivity contribution in [1.82, 2.24) is 4.31 Å². The van der Waals surface area contributed by atoms with E-state index >= 15 is 0 Å². The maximum absolute atomic E-state index is 12.6. The number of esters is 1. The summed E-state index contributed by atoms with van der Waals surface area (Å²) in [6.07, 6.45) is 0.319. The SMILES string of the molecule is NS(=O)(=O)c1ccc(NC(=O)COC(=O)CCc2ccc(S(=O)(=O)N3CCOCC3)cc2)cc1. The van der Waals surface area contributed by atoms with E-state index in [2.05, 4.69) is 5.32 Å². The molecule has 0 radical (unpaired) electrons. The van der Waals surface area contributed by atoms with Crippen LogP contribution in [0.1, 0.15) is 12.0 Å². The van der Waals surface area contributed by atoms with E-state index < -0.39 is 38.5 Å². The van der Waals surface area contributed by atoms with Gasteiger partial charge in [0.1, 0.15) is 0 Å². The predicted molar refractivity (Wildman–Crippen MR) is 122 cm³/mol. The minimum atomic E-state index is -3.83. The number of nitrogens with zero attached hydrogens (tertiary/aromatic N) is 1. The minimum Gasteiger partial charge on any atom is -0.456 e. The van der Waals surface area contributed by atoms with E-state index in [0.29, 0.717) is 38.4 Å². The Morgan fingerprint density at radius 2 is 1.53 bits per heavy atom. The topological polar surface area (TPSA) is 162 Å². The zero-order valence-electron chi connectivity index (χ0n) is 18.2. The Balaban J connectivity index is 1.43. The highest BCUT2D eigenvalue weighted by Crippen LogP contribution is 2.18.